The number of anilines is 1. The van der Waals surface area contributed by atoms with Crippen molar-refractivity contribution in [1.82, 2.24) is 4.90 Å². The van der Waals surface area contributed by atoms with E-state index in [-0.39, 0.29) is 5.82 Å². The van der Waals surface area contributed by atoms with E-state index in [1.807, 2.05) is 11.0 Å². The van der Waals surface area contributed by atoms with Gasteiger partial charge in [0.05, 0.1) is 0 Å². The summed E-state index contributed by atoms with van der Waals surface area (Å²) in [4.78, 5) is 15.3. The molecule has 0 unspecified atom stereocenters. The fraction of sp³-hybridized carbons (Fsp3) is 0.500. The van der Waals surface area contributed by atoms with Gasteiger partial charge >= 0.3 is 5.97 Å². The van der Waals surface area contributed by atoms with Gasteiger partial charge in [-0.25, -0.2) is 4.39 Å². The Hall–Kier alpha value is -1.62. The molecule has 1 saturated heterocycles. The topological polar surface area (TPSA) is 43.8 Å². The first-order valence-corrected chi connectivity index (χ1v) is 6.37. The molecule has 1 aromatic rings. The van der Waals surface area contributed by atoms with Crippen molar-refractivity contribution in [3.05, 3.63) is 30.1 Å². The van der Waals surface area contributed by atoms with Crippen LogP contribution in [0.15, 0.2) is 24.3 Å². The number of hydrogen-bond donors (Lipinski definition) is 1. The number of aliphatic carboxylic acids is 1. The number of hydrogen-bond acceptors (Lipinski definition) is 3. The van der Waals surface area contributed by atoms with E-state index in [0.717, 1.165) is 5.69 Å². The first kappa shape index (κ1) is 13.8. The third-order valence-electron chi connectivity index (χ3n) is 4.02. The fourth-order valence-electron chi connectivity index (χ4n) is 2.66. The first-order chi connectivity index (χ1) is 8.95. The monoisotopic (exact) mass is 266 g/mol. The highest BCUT2D eigenvalue weighted by Gasteiger charge is 2.43. The lowest BCUT2D eigenvalue weighted by Crippen LogP contribution is -2.57. The number of piperidine rings is 1. The predicted molar refractivity (Wildman–Crippen MR) is 71.9 cm³/mol. The highest BCUT2D eigenvalue weighted by Crippen LogP contribution is 2.30. The number of rotatable bonds is 3. The van der Waals surface area contributed by atoms with Crippen molar-refractivity contribution in [3.63, 3.8) is 0 Å². The summed E-state index contributed by atoms with van der Waals surface area (Å²) in [6.07, 6.45) is 1.07. The lowest BCUT2D eigenvalue weighted by atomic mass is 9.86. The minimum atomic E-state index is -0.802. The van der Waals surface area contributed by atoms with Crippen molar-refractivity contribution >= 4 is 11.7 Å². The Labute approximate surface area is 112 Å². The summed E-state index contributed by atoms with van der Waals surface area (Å²) in [5.74, 6) is -1.04. The van der Waals surface area contributed by atoms with E-state index in [1.54, 1.807) is 25.1 Å². The van der Waals surface area contributed by atoms with Gasteiger partial charge in [0.1, 0.15) is 11.4 Å². The van der Waals surface area contributed by atoms with E-state index >= 15 is 0 Å². The van der Waals surface area contributed by atoms with Gasteiger partial charge in [-0.05, 0) is 45.1 Å². The van der Waals surface area contributed by atoms with Crippen LogP contribution >= 0.6 is 0 Å². The van der Waals surface area contributed by atoms with Crippen LogP contribution in [0, 0.1) is 5.82 Å². The summed E-state index contributed by atoms with van der Waals surface area (Å²) in [6.45, 7) is 1.24. The highest BCUT2D eigenvalue weighted by molar-refractivity contribution is 5.79. The smallest absolute Gasteiger partial charge is 0.324 e. The molecule has 5 heteroatoms. The summed E-state index contributed by atoms with van der Waals surface area (Å²) < 4.78 is 13.2. The molecule has 0 aliphatic carbocycles. The van der Waals surface area contributed by atoms with Crippen molar-refractivity contribution in [3.8, 4) is 0 Å². The summed E-state index contributed by atoms with van der Waals surface area (Å²) in [5, 5.41) is 9.44. The summed E-state index contributed by atoms with van der Waals surface area (Å²) in [6, 6.07) is 6.43. The van der Waals surface area contributed by atoms with Gasteiger partial charge in [-0.2, -0.15) is 0 Å². The lowest BCUT2D eigenvalue weighted by Gasteiger charge is -2.43. The van der Waals surface area contributed by atoms with Crippen LogP contribution in [0.2, 0.25) is 0 Å². The number of carboxylic acid groups (broad SMARTS) is 1. The van der Waals surface area contributed by atoms with Gasteiger partial charge in [0, 0.05) is 18.8 Å². The molecule has 104 valence electrons. The third-order valence-corrected chi connectivity index (χ3v) is 4.02. The van der Waals surface area contributed by atoms with Crippen LogP contribution in [0.4, 0.5) is 10.1 Å². The molecule has 1 heterocycles. The maximum atomic E-state index is 13.2. The number of nitrogens with zero attached hydrogens (tertiary/aromatic N) is 2. The number of carbonyl (C=O) groups is 1. The third kappa shape index (κ3) is 2.56. The van der Waals surface area contributed by atoms with Gasteiger partial charge in [-0.1, -0.05) is 6.07 Å². The maximum absolute atomic E-state index is 13.2. The van der Waals surface area contributed by atoms with E-state index < -0.39 is 11.5 Å². The van der Waals surface area contributed by atoms with E-state index in [9.17, 15) is 14.3 Å². The van der Waals surface area contributed by atoms with Crippen molar-refractivity contribution in [2.75, 3.05) is 32.1 Å². The van der Waals surface area contributed by atoms with E-state index in [0.29, 0.717) is 25.9 Å². The minimum absolute atomic E-state index is 0.264. The molecule has 4 nitrogen and oxygen atoms in total. The van der Waals surface area contributed by atoms with Crippen LogP contribution in [0.1, 0.15) is 12.8 Å². The van der Waals surface area contributed by atoms with Crippen LogP contribution < -0.4 is 4.90 Å². The zero-order chi connectivity index (χ0) is 14.0. The molecule has 0 atom stereocenters. The van der Waals surface area contributed by atoms with Crippen LogP contribution in [0.3, 0.4) is 0 Å². The van der Waals surface area contributed by atoms with Gasteiger partial charge in [0.25, 0.3) is 0 Å². The Morgan fingerprint density at radius 1 is 1.37 bits per heavy atom. The molecule has 0 amide bonds. The van der Waals surface area contributed by atoms with Crippen molar-refractivity contribution in [1.29, 1.82) is 0 Å². The molecule has 19 heavy (non-hydrogen) atoms. The molecular weight excluding hydrogens is 247 g/mol. The molecule has 1 fully saturated rings. The molecule has 1 aromatic carbocycles. The number of benzene rings is 1. The van der Waals surface area contributed by atoms with Gasteiger partial charge in [-0.15, -0.1) is 0 Å². The first-order valence-electron chi connectivity index (χ1n) is 6.37. The van der Waals surface area contributed by atoms with Crippen LogP contribution in [-0.2, 0) is 4.79 Å². The van der Waals surface area contributed by atoms with Gasteiger partial charge < -0.3 is 10.0 Å². The zero-order valence-electron chi connectivity index (χ0n) is 11.3. The summed E-state index contributed by atoms with van der Waals surface area (Å²) in [7, 11) is 3.60. The molecule has 1 N–H and O–H groups in total. The van der Waals surface area contributed by atoms with Gasteiger partial charge in [0.2, 0.25) is 0 Å². The van der Waals surface area contributed by atoms with Crippen LogP contribution in [0.25, 0.3) is 0 Å². The van der Waals surface area contributed by atoms with Crippen LogP contribution in [0.5, 0.6) is 0 Å². The standard InChI is InChI=1S/C14H19FN2O2/c1-16(2)14(13(18)19)6-8-17(9-7-14)12-5-3-4-11(15)10-12/h3-5,10H,6-9H2,1-2H3,(H,18,19). The van der Waals surface area contributed by atoms with Gasteiger partial charge in [-0.3, -0.25) is 9.69 Å². The van der Waals surface area contributed by atoms with Gasteiger partial charge in [0.15, 0.2) is 0 Å². The normalized spacial score (nSPS) is 18.6. The Morgan fingerprint density at radius 3 is 2.47 bits per heavy atom. The Balaban J connectivity index is 2.12. The Kier molecular flexibility index (Phi) is 3.75. The maximum Gasteiger partial charge on any atom is 0.324 e. The average molecular weight is 266 g/mol. The fourth-order valence-corrected chi connectivity index (χ4v) is 2.66. The van der Waals surface area contributed by atoms with E-state index in [4.69, 9.17) is 0 Å². The number of carboxylic acids is 1. The molecule has 2 rings (SSSR count). The second kappa shape index (κ2) is 5.17. The lowest BCUT2D eigenvalue weighted by molar-refractivity contribution is -0.151. The van der Waals surface area contributed by atoms with Crippen molar-refractivity contribution < 1.29 is 14.3 Å². The Morgan fingerprint density at radius 2 is 2.00 bits per heavy atom. The quantitative estimate of drug-likeness (QED) is 0.906. The van der Waals surface area contributed by atoms with Crippen LogP contribution in [-0.4, -0.2) is 48.7 Å². The average Bonchev–Trinajstić information content (AvgIpc) is 2.38. The second-order valence-corrected chi connectivity index (χ2v) is 5.20. The summed E-state index contributed by atoms with van der Waals surface area (Å²) in [5.41, 5.74) is 0.0156. The molecule has 0 radical (unpaired) electrons. The largest absolute Gasteiger partial charge is 0.480 e. The molecular formula is C14H19FN2O2. The number of likely N-dealkylation sites (N-methyl/N-ethyl adjacent to an activating group) is 1. The molecule has 0 aromatic heterocycles. The van der Waals surface area contributed by atoms with Crippen molar-refractivity contribution in [2.45, 2.75) is 18.4 Å². The molecule has 0 bridgehead atoms. The molecule has 1 aliphatic rings. The zero-order valence-corrected chi connectivity index (χ0v) is 11.3. The Bertz CT molecular complexity index is 468. The van der Waals surface area contributed by atoms with E-state index in [1.165, 1.54) is 12.1 Å². The molecule has 1 aliphatic heterocycles. The minimum Gasteiger partial charge on any atom is -0.480 e. The molecule has 0 spiro atoms. The molecule has 0 saturated carbocycles. The van der Waals surface area contributed by atoms with Crippen molar-refractivity contribution in [2.24, 2.45) is 0 Å². The van der Waals surface area contributed by atoms with E-state index in [2.05, 4.69) is 0 Å². The predicted octanol–water partition coefficient (Wildman–Crippen LogP) is 1.81. The number of halogens is 1. The SMILES string of the molecule is CN(C)C1(C(=O)O)CCN(c2cccc(F)c2)CC1. The highest BCUT2D eigenvalue weighted by atomic mass is 19.1. The second-order valence-electron chi connectivity index (χ2n) is 5.20. The summed E-state index contributed by atoms with van der Waals surface area (Å²) >= 11 is 0.